The summed E-state index contributed by atoms with van der Waals surface area (Å²) in [6.07, 6.45) is 7.93. The van der Waals surface area contributed by atoms with Crippen LogP contribution in [0, 0.1) is 19.8 Å². The predicted molar refractivity (Wildman–Crippen MR) is 113 cm³/mol. The number of nitrogens with one attached hydrogen (secondary N) is 1. The van der Waals surface area contributed by atoms with Gasteiger partial charge < -0.3 is 10.1 Å². The van der Waals surface area contributed by atoms with Crippen molar-refractivity contribution in [3.8, 4) is 5.75 Å². The maximum absolute atomic E-state index is 12.8. The zero-order valence-electron chi connectivity index (χ0n) is 16.9. The van der Waals surface area contributed by atoms with Gasteiger partial charge in [-0.1, -0.05) is 19.3 Å². The first-order valence-corrected chi connectivity index (χ1v) is 10.2. The van der Waals surface area contributed by atoms with Crippen LogP contribution in [0.15, 0.2) is 36.5 Å². The van der Waals surface area contributed by atoms with Crippen molar-refractivity contribution in [3.05, 3.63) is 53.5 Å². The van der Waals surface area contributed by atoms with E-state index in [1.165, 1.54) is 32.1 Å². The number of hydrogen-bond donors (Lipinski definition) is 1. The molecule has 0 saturated heterocycles. The van der Waals surface area contributed by atoms with E-state index >= 15 is 0 Å². The number of carbonyl (C=O) groups is 1. The van der Waals surface area contributed by atoms with Crippen LogP contribution in [0.3, 0.4) is 0 Å². The van der Waals surface area contributed by atoms with Crippen LogP contribution in [0.2, 0.25) is 0 Å². The number of hydrogen-bond acceptors (Lipinski definition) is 5. The molecule has 1 aromatic carbocycles. The standard InChI is InChI=1S/C23H26N4O2/c1-15-16(2)26-20-13-18(10-11-19(20)25-15)23(28)27-22-21(9-6-12-24-22)29-14-17-7-4-3-5-8-17/h6,9-13,17H,3-5,7-8,14H2,1-2H3,(H,24,27,28). The molecule has 0 unspecified atom stereocenters. The Kier molecular flexibility index (Phi) is 5.69. The molecule has 29 heavy (non-hydrogen) atoms. The van der Waals surface area contributed by atoms with Gasteiger partial charge in [-0.2, -0.15) is 0 Å². The van der Waals surface area contributed by atoms with Crippen molar-refractivity contribution in [2.45, 2.75) is 46.0 Å². The highest BCUT2D eigenvalue weighted by atomic mass is 16.5. The Bertz CT molecular complexity index is 1030. The molecule has 1 saturated carbocycles. The second-order valence-electron chi connectivity index (χ2n) is 7.72. The lowest BCUT2D eigenvalue weighted by atomic mass is 9.90. The van der Waals surface area contributed by atoms with Gasteiger partial charge in [0.2, 0.25) is 0 Å². The van der Waals surface area contributed by atoms with Crippen LogP contribution >= 0.6 is 0 Å². The zero-order valence-corrected chi connectivity index (χ0v) is 16.9. The summed E-state index contributed by atoms with van der Waals surface area (Å²) in [5.74, 6) is 1.39. The molecule has 1 aliphatic carbocycles. The topological polar surface area (TPSA) is 77.0 Å². The molecule has 2 aromatic heterocycles. The summed E-state index contributed by atoms with van der Waals surface area (Å²) in [5, 5.41) is 2.88. The number of aromatic nitrogens is 3. The Balaban J connectivity index is 1.49. The normalized spacial score (nSPS) is 14.7. The van der Waals surface area contributed by atoms with Crippen molar-refractivity contribution in [1.82, 2.24) is 15.0 Å². The highest BCUT2D eigenvalue weighted by molar-refractivity contribution is 6.06. The second-order valence-corrected chi connectivity index (χ2v) is 7.72. The molecule has 150 valence electrons. The van der Waals surface area contributed by atoms with E-state index in [0.29, 0.717) is 35.2 Å². The molecule has 6 nitrogen and oxygen atoms in total. The largest absolute Gasteiger partial charge is 0.489 e. The van der Waals surface area contributed by atoms with Crippen LogP contribution < -0.4 is 10.1 Å². The summed E-state index contributed by atoms with van der Waals surface area (Å²) in [6.45, 7) is 4.51. The summed E-state index contributed by atoms with van der Waals surface area (Å²) >= 11 is 0. The lowest BCUT2D eigenvalue weighted by molar-refractivity contribution is 0.102. The van der Waals surface area contributed by atoms with E-state index in [0.717, 1.165) is 16.9 Å². The van der Waals surface area contributed by atoms with Gasteiger partial charge in [0.1, 0.15) is 0 Å². The maximum atomic E-state index is 12.8. The molecular weight excluding hydrogens is 364 g/mol. The van der Waals surface area contributed by atoms with E-state index < -0.39 is 0 Å². The van der Waals surface area contributed by atoms with Crippen molar-refractivity contribution < 1.29 is 9.53 Å². The molecular formula is C23H26N4O2. The number of amides is 1. The number of ether oxygens (including phenoxy) is 1. The molecule has 0 radical (unpaired) electrons. The highest BCUT2D eigenvalue weighted by Crippen LogP contribution is 2.27. The van der Waals surface area contributed by atoms with Crippen LogP contribution in [0.5, 0.6) is 5.75 Å². The maximum Gasteiger partial charge on any atom is 0.256 e. The minimum Gasteiger partial charge on any atom is -0.489 e. The van der Waals surface area contributed by atoms with Crippen LogP contribution in [0.25, 0.3) is 11.0 Å². The van der Waals surface area contributed by atoms with Gasteiger partial charge in [0.25, 0.3) is 5.91 Å². The monoisotopic (exact) mass is 390 g/mol. The van der Waals surface area contributed by atoms with Gasteiger partial charge in [-0.3, -0.25) is 4.79 Å². The number of pyridine rings is 1. The predicted octanol–water partition coefficient (Wildman–Crippen LogP) is 4.85. The fourth-order valence-corrected chi connectivity index (χ4v) is 3.71. The van der Waals surface area contributed by atoms with Crippen LogP contribution in [0.1, 0.15) is 53.8 Å². The fraction of sp³-hybridized carbons (Fsp3) is 0.391. The van der Waals surface area contributed by atoms with Gasteiger partial charge in [0, 0.05) is 11.8 Å². The Morgan fingerprint density at radius 3 is 2.62 bits per heavy atom. The quantitative estimate of drug-likeness (QED) is 0.674. The molecule has 1 fully saturated rings. The molecule has 1 N–H and O–H groups in total. The summed E-state index contributed by atoms with van der Waals surface area (Å²) in [4.78, 5) is 26.2. The highest BCUT2D eigenvalue weighted by Gasteiger charge is 2.16. The van der Waals surface area contributed by atoms with E-state index in [1.54, 1.807) is 18.3 Å². The first-order chi connectivity index (χ1) is 14.1. The molecule has 0 spiro atoms. The Labute approximate surface area is 170 Å². The molecule has 3 aromatic rings. The van der Waals surface area contributed by atoms with Crippen molar-refractivity contribution in [1.29, 1.82) is 0 Å². The second kappa shape index (κ2) is 8.55. The minimum absolute atomic E-state index is 0.242. The number of nitrogens with zero attached hydrogens (tertiary/aromatic N) is 3. The molecule has 0 aliphatic heterocycles. The molecule has 1 amide bonds. The number of anilines is 1. The van der Waals surface area contributed by atoms with Gasteiger partial charge in [0.15, 0.2) is 11.6 Å². The average Bonchev–Trinajstić information content (AvgIpc) is 2.74. The van der Waals surface area contributed by atoms with E-state index in [-0.39, 0.29) is 5.91 Å². The summed E-state index contributed by atoms with van der Waals surface area (Å²) in [5.41, 5.74) is 3.74. The van der Waals surface area contributed by atoms with Crippen LogP contribution in [-0.4, -0.2) is 27.5 Å². The third-order valence-corrected chi connectivity index (χ3v) is 5.54. The molecule has 0 atom stereocenters. The first kappa shape index (κ1) is 19.3. The van der Waals surface area contributed by atoms with Crippen LogP contribution in [0.4, 0.5) is 5.82 Å². The first-order valence-electron chi connectivity index (χ1n) is 10.2. The summed E-state index contributed by atoms with van der Waals surface area (Å²) in [7, 11) is 0. The van der Waals surface area contributed by atoms with Crippen molar-refractivity contribution in [2.24, 2.45) is 5.92 Å². The molecule has 0 bridgehead atoms. The third kappa shape index (κ3) is 4.53. The third-order valence-electron chi connectivity index (χ3n) is 5.54. The van der Waals surface area contributed by atoms with E-state index in [1.807, 2.05) is 32.0 Å². The van der Waals surface area contributed by atoms with Gasteiger partial charge in [-0.25, -0.2) is 15.0 Å². The summed E-state index contributed by atoms with van der Waals surface area (Å²) < 4.78 is 6.01. The Morgan fingerprint density at radius 1 is 1.07 bits per heavy atom. The lowest BCUT2D eigenvalue weighted by Crippen LogP contribution is -2.17. The van der Waals surface area contributed by atoms with E-state index in [4.69, 9.17) is 4.74 Å². The van der Waals surface area contributed by atoms with Gasteiger partial charge in [-0.15, -0.1) is 0 Å². The van der Waals surface area contributed by atoms with Gasteiger partial charge >= 0.3 is 0 Å². The van der Waals surface area contributed by atoms with Crippen LogP contribution in [-0.2, 0) is 0 Å². The fourth-order valence-electron chi connectivity index (χ4n) is 3.71. The van der Waals surface area contributed by atoms with E-state index in [9.17, 15) is 4.79 Å². The van der Waals surface area contributed by atoms with Gasteiger partial charge in [0.05, 0.1) is 29.0 Å². The van der Waals surface area contributed by atoms with E-state index in [2.05, 4.69) is 20.3 Å². The SMILES string of the molecule is Cc1nc2ccc(C(=O)Nc3ncccc3OCC3CCCCC3)cc2nc1C. The number of carbonyl (C=O) groups excluding carboxylic acids is 1. The lowest BCUT2D eigenvalue weighted by Gasteiger charge is -2.22. The smallest absolute Gasteiger partial charge is 0.256 e. The van der Waals surface area contributed by atoms with Crippen molar-refractivity contribution >= 4 is 22.8 Å². The Morgan fingerprint density at radius 2 is 1.83 bits per heavy atom. The zero-order chi connectivity index (χ0) is 20.2. The van der Waals surface area contributed by atoms with Crippen molar-refractivity contribution in [2.75, 3.05) is 11.9 Å². The number of fused-ring (bicyclic) bond motifs is 1. The Hall–Kier alpha value is -3.02. The van der Waals surface area contributed by atoms with Crippen molar-refractivity contribution in [3.63, 3.8) is 0 Å². The molecule has 4 rings (SSSR count). The number of rotatable bonds is 5. The number of aryl methyl sites for hydroxylation is 2. The molecule has 1 aliphatic rings. The molecule has 2 heterocycles. The molecule has 6 heteroatoms. The number of benzene rings is 1. The minimum atomic E-state index is -0.242. The van der Waals surface area contributed by atoms with Gasteiger partial charge in [-0.05, 0) is 62.9 Å². The average molecular weight is 390 g/mol. The summed E-state index contributed by atoms with van der Waals surface area (Å²) in [6, 6.07) is 9.01.